The number of amides is 1. The van der Waals surface area contributed by atoms with Crippen LogP contribution in [-0.4, -0.2) is 49.2 Å². The monoisotopic (exact) mass is 266 g/mol. The van der Waals surface area contributed by atoms with Crippen molar-refractivity contribution in [1.82, 2.24) is 10.2 Å². The van der Waals surface area contributed by atoms with E-state index in [1.807, 2.05) is 6.92 Å². The van der Waals surface area contributed by atoms with Crippen LogP contribution in [0.1, 0.15) is 39.0 Å². The number of nitrogens with one attached hydrogen (secondary N) is 1. The molecule has 3 rings (SSSR count). The molecule has 0 spiro atoms. The molecule has 3 aliphatic rings. The lowest BCUT2D eigenvalue weighted by Gasteiger charge is -2.36. The van der Waals surface area contributed by atoms with Crippen LogP contribution in [0.4, 0.5) is 0 Å². The topological polar surface area (TPSA) is 41.6 Å². The van der Waals surface area contributed by atoms with E-state index < -0.39 is 0 Å². The third kappa shape index (κ3) is 2.65. The number of rotatable bonds is 2. The summed E-state index contributed by atoms with van der Waals surface area (Å²) in [5, 5.41) is 3.49. The van der Waals surface area contributed by atoms with Crippen LogP contribution in [0.25, 0.3) is 0 Å². The molecule has 19 heavy (non-hydrogen) atoms. The third-order valence-electron chi connectivity index (χ3n) is 5.15. The predicted molar refractivity (Wildman–Crippen MR) is 73.8 cm³/mol. The second-order valence-corrected chi connectivity index (χ2v) is 6.32. The highest BCUT2D eigenvalue weighted by molar-refractivity contribution is 5.80. The summed E-state index contributed by atoms with van der Waals surface area (Å²) < 4.78 is 5.57. The van der Waals surface area contributed by atoms with E-state index in [9.17, 15) is 4.79 Å². The largest absolute Gasteiger partial charge is 0.378 e. The summed E-state index contributed by atoms with van der Waals surface area (Å²) in [6.45, 7) is 5.99. The van der Waals surface area contributed by atoms with E-state index in [1.165, 1.54) is 25.7 Å². The van der Waals surface area contributed by atoms with Crippen LogP contribution in [-0.2, 0) is 9.53 Å². The molecule has 4 atom stereocenters. The summed E-state index contributed by atoms with van der Waals surface area (Å²) >= 11 is 0. The van der Waals surface area contributed by atoms with E-state index >= 15 is 0 Å². The van der Waals surface area contributed by atoms with Crippen molar-refractivity contribution in [2.45, 2.75) is 51.2 Å². The Labute approximate surface area is 115 Å². The molecule has 0 radical (unpaired) electrons. The Morgan fingerprint density at radius 1 is 1.26 bits per heavy atom. The summed E-state index contributed by atoms with van der Waals surface area (Å²) in [4.78, 5) is 14.9. The molecule has 1 N–H and O–H groups in total. The zero-order valence-electron chi connectivity index (χ0n) is 11.9. The molecule has 3 fully saturated rings. The molecule has 0 aromatic rings. The Morgan fingerprint density at radius 2 is 2.16 bits per heavy atom. The van der Waals surface area contributed by atoms with Gasteiger partial charge >= 0.3 is 0 Å². The first-order valence-electron chi connectivity index (χ1n) is 7.90. The molecule has 0 aromatic heterocycles. The fourth-order valence-electron chi connectivity index (χ4n) is 4.03. The quantitative estimate of drug-likeness (QED) is 0.821. The van der Waals surface area contributed by atoms with Crippen molar-refractivity contribution in [3.05, 3.63) is 0 Å². The molecule has 0 saturated carbocycles. The van der Waals surface area contributed by atoms with Gasteiger partial charge in [-0.05, 0) is 58.0 Å². The highest BCUT2D eigenvalue weighted by atomic mass is 16.5. The summed E-state index contributed by atoms with van der Waals surface area (Å²) in [5.41, 5.74) is 0. The Bertz CT molecular complexity index is 328. The standard InChI is InChI=1S/C15H26N2O2/c1-11-13(6-9-19-11)15(18)17-8-3-5-14(17)12-4-2-7-16-10-12/h11-14,16H,2-10H2,1H3. The number of hydrogen-bond acceptors (Lipinski definition) is 3. The van der Waals surface area contributed by atoms with Crippen molar-refractivity contribution in [1.29, 1.82) is 0 Å². The number of carbonyl (C=O) groups excluding carboxylic acids is 1. The minimum atomic E-state index is 0.108. The van der Waals surface area contributed by atoms with Crippen molar-refractivity contribution < 1.29 is 9.53 Å². The molecule has 4 unspecified atom stereocenters. The molecule has 108 valence electrons. The molecule has 3 heterocycles. The maximum atomic E-state index is 12.7. The zero-order chi connectivity index (χ0) is 13.2. The van der Waals surface area contributed by atoms with Crippen LogP contribution >= 0.6 is 0 Å². The van der Waals surface area contributed by atoms with Gasteiger partial charge in [0.05, 0.1) is 12.0 Å². The molecule has 1 amide bonds. The summed E-state index contributed by atoms with van der Waals surface area (Å²) in [7, 11) is 0. The average molecular weight is 266 g/mol. The molecule has 0 aromatic carbocycles. The number of carbonyl (C=O) groups is 1. The van der Waals surface area contributed by atoms with Crippen LogP contribution in [0, 0.1) is 11.8 Å². The first-order valence-corrected chi connectivity index (χ1v) is 7.90. The van der Waals surface area contributed by atoms with Gasteiger partial charge in [0.25, 0.3) is 0 Å². The van der Waals surface area contributed by atoms with Gasteiger partial charge in [0, 0.05) is 19.2 Å². The van der Waals surface area contributed by atoms with E-state index in [1.54, 1.807) is 0 Å². The smallest absolute Gasteiger partial charge is 0.228 e. The van der Waals surface area contributed by atoms with Gasteiger partial charge in [-0.25, -0.2) is 0 Å². The molecule has 3 aliphatic heterocycles. The van der Waals surface area contributed by atoms with Crippen molar-refractivity contribution in [3.8, 4) is 0 Å². The van der Waals surface area contributed by atoms with Gasteiger partial charge in [0.2, 0.25) is 5.91 Å². The molecule has 0 bridgehead atoms. The lowest BCUT2D eigenvalue weighted by atomic mass is 9.89. The fraction of sp³-hybridized carbons (Fsp3) is 0.933. The number of ether oxygens (including phenoxy) is 1. The van der Waals surface area contributed by atoms with Gasteiger partial charge in [-0.3, -0.25) is 4.79 Å². The van der Waals surface area contributed by atoms with Crippen LogP contribution in [0.2, 0.25) is 0 Å². The lowest BCUT2D eigenvalue weighted by molar-refractivity contribution is -0.138. The van der Waals surface area contributed by atoms with Crippen molar-refractivity contribution in [2.24, 2.45) is 11.8 Å². The number of hydrogen-bond donors (Lipinski definition) is 1. The Kier molecular flexibility index (Phi) is 4.08. The second kappa shape index (κ2) is 5.80. The van der Waals surface area contributed by atoms with Gasteiger partial charge < -0.3 is 15.0 Å². The van der Waals surface area contributed by atoms with Crippen LogP contribution < -0.4 is 5.32 Å². The van der Waals surface area contributed by atoms with Gasteiger partial charge in [-0.2, -0.15) is 0 Å². The van der Waals surface area contributed by atoms with Crippen molar-refractivity contribution in [3.63, 3.8) is 0 Å². The van der Waals surface area contributed by atoms with Crippen molar-refractivity contribution >= 4 is 5.91 Å². The number of likely N-dealkylation sites (tertiary alicyclic amines) is 1. The zero-order valence-corrected chi connectivity index (χ0v) is 11.9. The molecule has 4 heteroatoms. The fourth-order valence-corrected chi connectivity index (χ4v) is 4.03. The summed E-state index contributed by atoms with van der Waals surface area (Å²) in [5.74, 6) is 1.13. The number of piperidine rings is 1. The Balaban J connectivity index is 1.66. The summed E-state index contributed by atoms with van der Waals surface area (Å²) in [6, 6.07) is 0.480. The SMILES string of the molecule is CC1OCCC1C(=O)N1CCCC1C1CCCNC1. The van der Waals surface area contributed by atoms with E-state index in [0.717, 1.165) is 32.7 Å². The molecule has 4 nitrogen and oxygen atoms in total. The molecule has 3 saturated heterocycles. The van der Waals surface area contributed by atoms with Gasteiger partial charge in [-0.15, -0.1) is 0 Å². The maximum absolute atomic E-state index is 12.7. The average Bonchev–Trinajstić information content (AvgIpc) is 3.07. The van der Waals surface area contributed by atoms with E-state index in [-0.39, 0.29) is 12.0 Å². The third-order valence-corrected chi connectivity index (χ3v) is 5.15. The van der Waals surface area contributed by atoms with Crippen LogP contribution in [0.5, 0.6) is 0 Å². The Hall–Kier alpha value is -0.610. The van der Waals surface area contributed by atoms with Gasteiger partial charge in [0.15, 0.2) is 0 Å². The molecular weight excluding hydrogens is 240 g/mol. The normalized spacial score (nSPS) is 39.7. The van der Waals surface area contributed by atoms with Crippen LogP contribution in [0.15, 0.2) is 0 Å². The van der Waals surface area contributed by atoms with Gasteiger partial charge in [0.1, 0.15) is 0 Å². The van der Waals surface area contributed by atoms with Crippen LogP contribution in [0.3, 0.4) is 0 Å². The lowest BCUT2D eigenvalue weighted by Crippen LogP contribution is -2.48. The van der Waals surface area contributed by atoms with Crippen molar-refractivity contribution in [2.75, 3.05) is 26.2 Å². The minimum Gasteiger partial charge on any atom is -0.378 e. The van der Waals surface area contributed by atoms with E-state index in [2.05, 4.69) is 10.2 Å². The first-order chi connectivity index (χ1) is 9.27. The van der Waals surface area contributed by atoms with E-state index in [0.29, 0.717) is 17.9 Å². The first kappa shape index (κ1) is 13.4. The van der Waals surface area contributed by atoms with Gasteiger partial charge in [-0.1, -0.05) is 0 Å². The number of nitrogens with zero attached hydrogens (tertiary/aromatic N) is 1. The highest BCUT2D eigenvalue weighted by Crippen LogP contribution is 2.32. The van der Waals surface area contributed by atoms with E-state index in [4.69, 9.17) is 4.74 Å². The summed E-state index contributed by atoms with van der Waals surface area (Å²) in [6.07, 6.45) is 5.92. The molecular formula is C15H26N2O2. The predicted octanol–water partition coefficient (Wildman–Crippen LogP) is 1.40. The highest BCUT2D eigenvalue weighted by Gasteiger charge is 2.40. The maximum Gasteiger partial charge on any atom is 0.228 e. The molecule has 0 aliphatic carbocycles. The minimum absolute atomic E-state index is 0.108. The second-order valence-electron chi connectivity index (χ2n) is 6.32. The Morgan fingerprint density at radius 3 is 2.84 bits per heavy atom.